The van der Waals surface area contributed by atoms with Crippen LogP contribution < -0.4 is 0 Å². The van der Waals surface area contributed by atoms with Gasteiger partial charge in [-0.15, -0.1) is 11.3 Å². The van der Waals surface area contributed by atoms with Gasteiger partial charge >= 0.3 is 0 Å². The first-order valence-electron chi connectivity index (χ1n) is 7.41. The van der Waals surface area contributed by atoms with Crippen molar-refractivity contribution in [1.29, 1.82) is 0 Å². The summed E-state index contributed by atoms with van der Waals surface area (Å²) in [5, 5.41) is 7.51. The summed E-state index contributed by atoms with van der Waals surface area (Å²) in [5.41, 5.74) is 2.97. The lowest BCUT2D eigenvalue weighted by molar-refractivity contribution is 0.0777. The van der Waals surface area contributed by atoms with Gasteiger partial charge in [0.1, 0.15) is 5.01 Å². The van der Waals surface area contributed by atoms with E-state index in [1.54, 1.807) is 35.0 Å². The van der Waals surface area contributed by atoms with Crippen LogP contribution >= 0.6 is 22.9 Å². The Morgan fingerprint density at radius 1 is 1.33 bits per heavy atom. The third kappa shape index (κ3) is 3.20. The first kappa shape index (κ1) is 16.7. The van der Waals surface area contributed by atoms with E-state index in [0.717, 1.165) is 22.0 Å². The molecule has 0 N–H and O–H groups in total. The van der Waals surface area contributed by atoms with Gasteiger partial charge in [0, 0.05) is 25.0 Å². The standard InChI is InChI=1S/C17H17ClN4OS/c1-11-14(18)15(20-22(11)3)17(23)21(2)9-13-10-24-16(19-13)12-7-5-4-6-8-12/h4-8,10H,9H2,1-3H3. The average molecular weight is 361 g/mol. The second-order valence-corrected chi connectivity index (χ2v) is 6.78. The second kappa shape index (κ2) is 6.75. The molecule has 7 heteroatoms. The van der Waals surface area contributed by atoms with Crippen LogP contribution in [-0.2, 0) is 13.6 Å². The van der Waals surface area contributed by atoms with Crippen LogP contribution in [0.5, 0.6) is 0 Å². The Morgan fingerprint density at radius 3 is 2.67 bits per heavy atom. The van der Waals surface area contributed by atoms with Gasteiger partial charge in [0.2, 0.25) is 0 Å². The molecule has 0 aliphatic carbocycles. The molecule has 0 fully saturated rings. The number of rotatable bonds is 4. The minimum Gasteiger partial charge on any atom is -0.334 e. The summed E-state index contributed by atoms with van der Waals surface area (Å²) in [7, 11) is 3.49. The van der Waals surface area contributed by atoms with Crippen molar-refractivity contribution in [3.8, 4) is 10.6 Å². The Labute approximate surface area is 149 Å². The van der Waals surface area contributed by atoms with Crippen LogP contribution in [-0.4, -0.2) is 32.6 Å². The molecule has 2 aromatic heterocycles. The van der Waals surface area contributed by atoms with E-state index in [4.69, 9.17) is 11.6 Å². The predicted octanol–water partition coefficient (Wildman–Crippen LogP) is 3.78. The molecule has 0 aliphatic rings. The molecule has 1 amide bonds. The molecule has 3 rings (SSSR count). The second-order valence-electron chi connectivity index (χ2n) is 5.54. The van der Waals surface area contributed by atoms with Gasteiger partial charge in [-0.1, -0.05) is 41.9 Å². The molecule has 0 bridgehead atoms. The number of thiazole rings is 1. The zero-order valence-corrected chi connectivity index (χ0v) is 15.2. The highest BCUT2D eigenvalue weighted by Crippen LogP contribution is 2.25. The van der Waals surface area contributed by atoms with E-state index in [9.17, 15) is 4.79 Å². The maximum absolute atomic E-state index is 12.6. The van der Waals surface area contributed by atoms with Crippen LogP contribution in [0, 0.1) is 6.92 Å². The van der Waals surface area contributed by atoms with Gasteiger partial charge in [-0.25, -0.2) is 4.98 Å². The molecule has 0 radical (unpaired) electrons. The summed E-state index contributed by atoms with van der Waals surface area (Å²) < 4.78 is 1.61. The summed E-state index contributed by atoms with van der Waals surface area (Å²) >= 11 is 7.76. The Bertz CT molecular complexity index is 872. The van der Waals surface area contributed by atoms with Crippen LogP contribution in [0.25, 0.3) is 10.6 Å². The number of benzene rings is 1. The molecule has 5 nitrogen and oxygen atoms in total. The van der Waals surface area contributed by atoms with E-state index in [-0.39, 0.29) is 11.6 Å². The number of carbonyl (C=O) groups is 1. The Morgan fingerprint density at radius 2 is 2.04 bits per heavy atom. The highest BCUT2D eigenvalue weighted by Gasteiger charge is 2.22. The van der Waals surface area contributed by atoms with E-state index in [1.165, 1.54) is 0 Å². The molecule has 1 aromatic carbocycles. The minimum absolute atomic E-state index is 0.210. The fourth-order valence-electron chi connectivity index (χ4n) is 2.31. The molecular formula is C17H17ClN4OS. The lowest BCUT2D eigenvalue weighted by Crippen LogP contribution is -2.27. The first-order valence-corrected chi connectivity index (χ1v) is 8.67. The van der Waals surface area contributed by atoms with Crippen molar-refractivity contribution in [2.45, 2.75) is 13.5 Å². The number of amides is 1. The largest absolute Gasteiger partial charge is 0.334 e. The lowest BCUT2D eigenvalue weighted by Gasteiger charge is -2.14. The summed E-state index contributed by atoms with van der Waals surface area (Å²) in [6.45, 7) is 2.24. The van der Waals surface area contributed by atoms with Crippen LogP contribution in [0.15, 0.2) is 35.7 Å². The maximum Gasteiger partial charge on any atom is 0.276 e. The van der Waals surface area contributed by atoms with Gasteiger partial charge < -0.3 is 4.90 Å². The molecule has 0 unspecified atom stereocenters. The fraction of sp³-hybridized carbons (Fsp3) is 0.235. The highest BCUT2D eigenvalue weighted by atomic mass is 35.5. The molecule has 24 heavy (non-hydrogen) atoms. The van der Waals surface area contributed by atoms with Crippen molar-refractivity contribution in [3.63, 3.8) is 0 Å². The molecule has 124 valence electrons. The molecule has 0 atom stereocenters. The van der Waals surface area contributed by atoms with Crippen molar-refractivity contribution in [2.24, 2.45) is 7.05 Å². The van der Waals surface area contributed by atoms with Gasteiger partial charge in [-0.3, -0.25) is 9.48 Å². The van der Waals surface area contributed by atoms with E-state index in [1.807, 2.05) is 42.6 Å². The molecule has 0 saturated heterocycles. The zero-order valence-electron chi connectivity index (χ0n) is 13.7. The number of carbonyl (C=O) groups excluding carboxylic acids is 1. The van der Waals surface area contributed by atoms with Gasteiger partial charge in [-0.2, -0.15) is 5.10 Å². The molecule has 0 spiro atoms. The topological polar surface area (TPSA) is 51.0 Å². The van der Waals surface area contributed by atoms with Gasteiger partial charge in [-0.05, 0) is 6.92 Å². The van der Waals surface area contributed by atoms with Crippen molar-refractivity contribution >= 4 is 28.8 Å². The number of aromatic nitrogens is 3. The average Bonchev–Trinajstić information content (AvgIpc) is 3.15. The fourth-order valence-corrected chi connectivity index (χ4v) is 3.37. The number of halogens is 1. The first-order chi connectivity index (χ1) is 11.5. The van der Waals surface area contributed by atoms with Crippen LogP contribution in [0.3, 0.4) is 0 Å². The SMILES string of the molecule is Cc1c(Cl)c(C(=O)N(C)Cc2csc(-c3ccccc3)n2)nn1C. The number of aryl methyl sites for hydroxylation is 1. The molecular weight excluding hydrogens is 344 g/mol. The van der Waals surface area contributed by atoms with E-state index < -0.39 is 0 Å². The monoisotopic (exact) mass is 360 g/mol. The van der Waals surface area contributed by atoms with Crippen molar-refractivity contribution in [1.82, 2.24) is 19.7 Å². The molecule has 3 aromatic rings. The third-order valence-electron chi connectivity index (χ3n) is 3.78. The van der Waals surface area contributed by atoms with E-state index in [0.29, 0.717) is 11.6 Å². The summed E-state index contributed by atoms with van der Waals surface area (Å²) in [5.74, 6) is -0.210. The summed E-state index contributed by atoms with van der Waals surface area (Å²) in [4.78, 5) is 18.7. The number of nitrogens with zero attached hydrogens (tertiary/aromatic N) is 4. The summed E-state index contributed by atoms with van der Waals surface area (Å²) in [6, 6.07) is 9.99. The van der Waals surface area contributed by atoms with Crippen LogP contribution in [0.4, 0.5) is 0 Å². The van der Waals surface area contributed by atoms with E-state index >= 15 is 0 Å². The zero-order chi connectivity index (χ0) is 17.3. The Balaban J connectivity index is 1.75. The summed E-state index contributed by atoms with van der Waals surface area (Å²) in [6.07, 6.45) is 0. The van der Waals surface area contributed by atoms with Crippen LogP contribution in [0.1, 0.15) is 21.9 Å². The lowest BCUT2D eigenvalue weighted by atomic mass is 10.2. The highest BCUT2D eigenvalue weighted by molar-refractivity contribution is 7.13. The van der Waals surface area contributed by atoms with Gasteiger partial charge in [0.05, 0.1) is 23.0 Å². The smallest absolute Gasteiger partial charge is 0.276 e. The number of hydrogen-bond donors (Lipinski definition) is 0. The third-order valence-corrected chi connectivity index (χ3v) is 5.17. The Hall–Kier alpha value is -2.18. The van der Waals surface area contributed by atoms with Crippen LogP contribution in [0.2, 0.25) is 5.02 Å². The minimum atomic E-state index is -0.210. The quantitative estimate of drug-likeness (QED) is 0.711. The molecule has 0 aliphatic heterocycles. The van der Waals surface area contributed by atoms with Crippen molar-refractivity contribution < 1.29 is 4.79 Å². The van der Waals surface area contributed by atoms with Gasteiger partial charge in [0.25, 0.3) is 5.91 Å². The van der Waals surface area contributed by atoms with Crippen molar-refractivity contribution in [2.75, 3.05) is 7.05 Å². The van der Waals surface area contributed by atoms with Crippen molar-refractivity contribution in [3.05, 3.63) is 57.8 Å². The number of hydrogen-bond acceptors (Lipinski definition) is 4. The molecule has 2 heterocycles. The molecule has 0 saturated carbocycles. The predicted molar refractivity (Wildman–Crippen MR) is 96.3 cm³/mol. The van der Waals surface area contributed by atoms with E-state index in [2.05, 4.69) is 10.1 Å². The maximum atomic E-state index is 12.6. The normalized spacial score (nSPS) is 10.8. The van der Waals surface area contributed by atoms with Gasteiger partial charge in [0.15, 0.2) is 5.69 Å². The Kier molecular flexibility index (Phi) is 4.69.